The van der Waals surface area contributed by atoms with Crippen molar-refractivity contribution in [2.45, 2.75) is 40.0 Å². The number of amides is 1. The van der Waals surface area contributed by atoms with E-state index in [9.17, 15) is 9.59 Å². The number of esters is 1. The molecule has 1 amide bonds. The van der Waals surface area contributed by atoms with E-state index in [0.717, 1.165) is 25.8 Å². The quantitative estimate of drug-likeness (QED) is 0.483. The highest BCUT2D eigenvalue weighted by molar-refractivity contribution is 5.83. The first kappa shape index (κ1) is 17.9. The molecule has 0 rings (SSSR count). The Balaban J connectivity index is 4.46. The van der Waals surface area contributed by atoms with Gasteiger partial charge in [-0.1, -0.05) is 33.6 Å². The van der Waals surface area contributed by atoms with E-state index in [4.69, 9.17) is 0 Å². The third kappa shape index (κ3) is 7.82. The van der Waals surface area contributed by atoms with Crippen LogP contribution < -0.4 is 5.32 Å². The van der Waals surface area contributed by atoms with Crippen molar-refractivity contribution in [2.75, 3.05) is 33.3 Å². The second-order valence-corrected chi connectivity index (χ2v) is 4.71. The molecule has 1 N–H and O–H groups in total. The van der Waals surface area contributed by atoms with Gasteiger partial charge in [0.15, 0.2) is 0 Å². The molecule has 0 radical (unpaired) electrons. The van der Waals surface area contributed by atoms with Gasteiger partial charge >= 0.3 is 5.97 Å². The van der Waals surface area contributed by atoms with Crippen molar-refractivity contribution in [3.63, 3.8) is 0 Å². The first-order valence-corrected chi connectivity index (χ1v) is 7.14. The second-order valence-electron chi connectivity index (χ2n) is 4.71. The first-order valence-electron chi connectivity index (χ1n) is 7.14. The number of hydrogen-bond donors (Lipinski definition) is 1. The Morgan fingerprint density at radius 2 is 1.84 bits per heavy atom. The molecule has 0 saturated heterocycles. The number of carbonyl (C=O) groups excluding carboxylic acids is 2. The standard InChI is InChI=1S/C14H28N2O3/c1-5-8-15-9-13(17)16(11-14(18)19-4)10-12(6-2)7-3/h12,15H,5-11H2,1-4H3. The van der Waals surface area contributed by atoms with E-state index < -0.39 is 0 Å². The lowest BCUT2D eigenvalue weighted by Crippen LogP contribution is -2.43. The summed E-state index contributed by atoms with van der Waals surface area (Å²) in [5.41, 5.74) is 0. The van der Waals surface area contributed by atoms with E-state index in [-0.39, 0.29) is 25.0 Å². The van der Waals surface area contributed by atoms with E-state index in [1.165, 1.54) is 7.11 Å². The van der Waals surface area contributed by atoms with Crippen LogP contribution in [0.5, 0.6) is 0 Å². The van der Waals surface area contributed by atoms with Crippen LogP contribution in [0, 0.1) is 5.92 Å². The molecule has 0 aliphatic heterocycles. The van der Waals surface area contributed by atoms with Gasteiger partial charge in [-0.25, -0.2) is 0 Å². The van der Waals surface area contributed by atoms with Gasteiger partial charge in [0.05, 0.1) is 13.7 Å². The maximum atomic E-state index is 12.1. The summed E-state index contributed by atoms with van der Waals surface area (Å²) < 4.78 is 4.65. The predicted molar refractivity (Wildman–Crippen MR) is 75.8 cm³/mol. The van der Waals surface area contributed by atoms with Crippen LogP contribution in [0.2, 0.25) is 0 Å². The average Bonchev–Trinajstić information content (AvgIpc) is 2.43. The molecule has 5 nitrogen and oxygen atoms in total. The fourth-order valence-electron chi connectivity index (χ4n) is 1.82. The van der Waals surface area contributed by atoms with Gasteiger partial charge in [0.1, 0.15) is 6.54 Å². The highest BCUT2D eigenvalue weighted by atomic mass is 16.5. The first-order chi connectivity index (χ1) is 9.08. The summed E-state index contributed by atoms with van der Waals surface area (Å²) in [6, 6.07) is 0. The molecular weight excluding hydrogens is 244 g/mol. The van der Waals surface area contributed by atoms with E-state index >= 15 is 0 Å². The number of rotatable bonds is 10. The number of ether oxygens (including phenoxy) is 1. The van der Waals surface area contributed by atoms with Crippen molar-refractivity contribution < 1.29 is 14.3 Å². The lowest BCUT2D eigenvalue weighted by molar-refractivity contribution is -0.147. The molecule has 0 heterocycles. The summed E-state index contributed by atoms with van der Waals surface area (Å²) in [5, 5.41) is 3.07. The Labute approximate surface area is 116 Å². The van der Waals surface area contributed by atoms with E-state index in [0.29, 0.717) is 12.5 Å². The van der Waals surface area contributed by atoms with Gasteiger partial charge in [0.2, 0.25) is 5.91 Å². The molecule has 0 aliphatic rings. The van der Waals surface area contributed by atoms with Crippen molar-refractivity contribution in [1.29, 1.82) is 0 Å². The molecule has 0 aromatic heterocycles. The van der Waals surface area contributed by atoms with Gasteiger partial charge in [0.25, 0.3) is 0 Å². The third-order valence-corrected chi connectivity index (χ3v) is 3.24. The summed E-state index contributed by atoms with van der Waals surface area (Å²) in [4.78, 5) is 25.1. The second kappa shape index (κ2) is 10.8. The molecular formula is C14H28N2O3. The molecule has 0 aromatic carbocycles. The summed E-state index contributed by atoms with van der Waals surface area (Å²) in [6.07, 6.45) is 2.99. The molecule has 0 aromatic rings. The Kier molecular flexibility index (Phi) is 10.2. The monoisotopic (exact) mass is 272 g/mol. The molecule has 0 unspecified atom stereocenters. The minimum Gasteiger partial charge on any atom is -0.468 e. The minimum atomic E-state index is -0.366. The normalized spacial score (nSPS) is 10.6. The van der Waals surface area contributed by atoms with Gasteiger partial charge in [0, 0.05) is 6.54 Å². The molecule has 0 saturated carbocycles. The minimum absolute atomic E-state index is 0.0363. The highest BCUT2D eigenvalue weighted by Gasteiger charge is 2.19. The van der Waals surface area contributed by atoms with Crippen LogP contribution in [0.15, 0.2) is 0 Å². The zero-order valence-electron chi connectivity index (χ0n) is 12.7. The predicted octanol–water partition coefficient (Wildman–Crippen LogP) is 1.42. The highest BCUT2D eigenvalue weighted by Crippen LogP contribution is 2.10. The molecule has 0 fully saturated rings. The van der Waals surface area contributed by atoms with Crippen molar-refractivity contribution in [3.8, 4) is 0 Å². The van der Waals surface area contributed by atoms with Gasteiger partial charge in [-0.2, -0.15) is 0 Å². The van der Waals surface area contributed by atoms with Crippen LogP contribution in [0.4, 0.5) is 0 Å². The number of nitrogens with one attached hydrogen (secondary N) is 1. The van der Waals surface area contributed by atoms with E-state index in [1.54, 1.807) is 4.90 Å². The Hall–Kier alpha value is -1.10. The van der Waals surface area contributed by atoms with Crippen LogP contribution in [0.25, 0.3) is 0 Å². The zero-order chi connectivity index (χ0) is 14.7. The lowest BCUT2D eigenvalue weighted by atomic mass is 10.0. The van der Waals surface area contributed by atoms with Crippen LogP contribution in [-0.4, -0.2) is 50.1 Å². The van der Waals surface area contributed by atoms with Crippen LogP contribution in [0.3, 0.4) is 0 Å². The molecule has 0 bridgehead atoms. The van der Waals surface area contributed by atoms with Crippen molar-refractivity contribution in [3.05, 3.63) is 0 Å². The number of nitrogens with zero attached hydrogens (tertiary/aromatic N) is 1. The van der Waals surface area contributed by atoms with Gasteiger partial charge in [-0.15, -0.1) is 0 Å². The molecule has 0 aliphatic carbocycles. The summed E-state index contributed by atoms with van der Waals surface area (Å²) >= 11 is 0. The van der Waals surface area contributed by atoms with Crippen LogP contribution >= 0.6 is 0 Å². The van der Waals surface area contributed by atoms with Crippen molar-refractivity contribution in [1.82, 2.24) is 10.2 Å². The maximum Gasteiger partial charge on any atom is 0.325 e. The number of hydrogen-bond acceptors (Lipinski definition) is 4. The summed E-state index contributed by atoms with van der Waals surface area (Å²) in [7, 11) is 1.34. The Morgan fingerprint density at radius 1 is 1.21 bits per heavy atom. The summed E-state index contributed by atoms with van der Waals surface area (Å²) in [5.74, 6) is 0.0281. The topological polar surface area (TPSA) is 58.6 Å². The van der Waals surface area contributed by atoms with Crippen molar-refractivity contribution >= 4 is 11.9 Å². The smallest absolute Gasteiger partial charge is 0.325 e. The molecule has 0 spiro atoms. The van der Waals surface area contributed by atoms with Gasteiger partial charge < -0.3 is 15.0 Å². The third-order valence-electron chi connectivity index (χ3n) is 3.24. The molecule has 19 heavy (non-hydrogen) atoms. The number of carbonyl (C=O) groups is 2. The zero-order valence-corrected chi connectivity index (χ0v) is 12.7. The summed E-state index contributed by atoms with van der Waals surface area (Å²) in [6.45, 7) is 8.00. The lowest BCUT2D eigenvalue weighted by Gasteiger charge is -2.26. The average molecular weight is 272 g/mol. The fourth-order valence-corrected chi connectivity index (χ4v) is 1.82. The Morgan fingerprint density at radius 3 is 2.32 bits per heavy atom. The van der Waals surface area contributed by atoms with Crippen molar-refractivity contribution in [2.24, 2.45) is 5.92 Å². The fraction of sp³-hybridized carbons (Fsp3) is 0.857. The van der Waals surface area contributed by atoms with E-state index in [2.05, 4.69) is 23.9 Å². The Bertz CT molecular complexity index is 265. The molecule has 0 atom stereocenters. The van der Waals surface area contributed by atoms with Gasteiger partial charge in [-0.3, -0.25) is 9.59 Å². The van der Waals surface area contributed by atoms with E-state index in [1.807, 2.05) is 6.92 Å². The maximum absolute atomic E-state index is 12.1. The largest absolute Gasteiger partial charge is 0.468 e. The number of methoxy groups -OCH3 is 1. The molecule has 5 heteroatoms. The van der Waals surface area contributed by atoms with Crippen LogP contribution in [-0.2, 0) is 14.3 Å². The SMILES string of the molecule is CCCNCC(=O)N(CC(=O)OC)CC(CC)CC. The molecule has 112 valence electrons. The van der Waals surface area contributed by atoms with Gasteiger partial charge in [-0.05, 0) is 18.9 Å². The van der Waals surface area contributed by atoms with Crippen LogP contribution in [0.1, 0.15) is 40.0 Å².